The Morgan fingerprint density at radius 2 is 1.81 bits per heavy atom. The quantitative estimate of drug-likeness (QED) is 0.788. The summed E-state index contributed by atoms with van der Waals surface area (Å²) < 4.78 is 4.93. The molecule has 0 spiro atoms. The predicted molar refractivity (Wildman–Crippen MR) is 55.6 cm³/mol. The van der Waals surface area contributed by atoms with E-state index in [1.165, 1.54) is 7.11 Å². The van der Waals surface area contributed by atoms with Gasteiger partial charge in [0, 0.05) is 0 Å². The lowest BCUT2D eigenvalue weighted by Gasteiger charge is -2.10. The lowest BCUT2D eigenvalue weighted by molar-refractivity contribution is -0.145. The van der Waals surface area contributed by atoms with E-state index in [9.17, 15) is 9.59 Å². The lowest BCUT2D eigenvalue weighted by Crippen LogP contribution is -2.15. The summed E-state index contributed by atoms with van der Waals surface area (Å²) in [5.41, 5.74) is 0.454. The van der Waals surface area contributed by atoms with Crippen LogP contribution >= 0.6 is 0 Å². The van der Waals surface area contributed by atoms with Crippen molar-refractivity contribution < 1.29 is 24.5 Å². The van der Waals surface area contributed by atoms with Crippen LogP contribution < -0.4 is 4.74 Å². The molecule has 5 heteroatoms. The van der Waals surface area contributed by atoms with Crippen LogP contribution in [0.5, 0.6) is 5.75 Å². The summed E-state index contributed by atoms with van der Waals surface area (Å²) in [6, 6.07) is 6.32. The van der Waals surface area contributed by atoms with Crippen LogP contribution in [0.4, 0.5) is 0 Å². The highest BCUT2D eigenvalue weighted by molar-refractivity contribution is 5.82. The second-order valence-corrected chi connectivity index (χ2v) is 3.26. The maximum absolute atomic E-state index is 10.9. The number of hydrogen-bond donors (Lipinski definition) is 2. The first-order valence-electron chi connectivity index (χ1n) is 4.63. The van der Waals surface area contributed by atoms with Crippen LogP contribution in [0.2, 0.25) is 0 Å². The number of carboxylic acid groups (broad SMARTS) is 2. The van der Waals surface area contributed by atoms with E-state index in [1.54, 1.807) is 24.3 Å². The third-order valence-electron chi connectivity index (χ3n) is 2.20. The Balaban J connectivity index is 2.92. The van der Waals surface area contributed by atoms with Crippen LogP contribution in [0.25, 0.3) is 0 Å². The van der Waals surface area contributed by atoms with Crippen LogP contribution in [-0.4, -0.2) is 29.3 Å². The van der Waals surface area contributed by atoms with Crippen molar-refractivity contribution in [2.24, 2.45) is 0 Å². The molecule has 1 rings (SSSR count). The molecule has 0 radical (unpaired) electrons. The smallest absolute Gasteiger partial charge is 0.311 e. The Labute approximate surface area is 92.3 Å². The predicted octanol–water partition coefficient (Wildman–Crippen LogP) is 1.34. The fraction of sp³-hybridized carbons (Fsp3) is 0.273. The number of rotatable bonds is 5. The van der Waals surface area contributed by atoms with Gasteiger partial charge >= 0.3 is 11.9 Å². The first-order chi connectivity index (χ1) is 7.54. The molecular weight excluding hydrogens is 212 g/mol. The summed E-state index contributed by atoms with van der Waals surface area (Å²) in [5.74, 6) is -2.71. The fourth-order valence-electron chi connectivity index (χ4n) is 1.36. The Kier molecular flexibility index (Phi) is 3.88. The average molecular weight is 224 g/mol. The Hall–Kier alpha value is -2.04. The van der Waals surface area contributed by atoms with Gasteiger partial charge in [0.2, 0.25) is 0 Å². The molecule has 0 aromatic heterocycles. The minimum Gasteiger partial charge on any atom is -0.497 e. The van der Waals surface area contributed by atoms with E-state index < -0.39 is 24.3 Å². The summed E-state index contributed by atoms with van der Waals surface area (Å²) in [7, 11) is 1.50. The molecule has 0 saturated heterocycles. The van der Waals surface area contributed by atoms with Gasteiger partial charge in [-0.1, -0.05) is 12.1 Å². The van der Waals surface area contributed by atoms with Crippen molar-refractivity contribution in [1.29, 1.82) is 0 Å². The zero-order chi connectivity index (χ0) is 12.1. The SMILES string of the molecule is COc1ccc(C(CC(=O)O)C(=O)O)cc1. The Morgan fingerprint density at radius 1 is 1.25 bits per heavy atom. The highest BCUT2D eigenvalue weighted by Crippen LogP contribution is 2.22. The third kappa shape index (κ3) is 2.98. The van der Waals surface area contributed by atoms with Crippen LogP contribution in [0.3, 0.4) is 0 Å². The first-order valence-corrected chi connectivity index (χ1v) is 4.63. The molecule has 0 bridgehead atoms. The number of aliphatic carboxylic acids is 2. The van der Waals surface area contributed by atoms with Gasteiger partial charge in [-0.3, -0.25) is 9.59 Å². The van der Waals surface area contributed by atoms with Gasteiger partial charge in [-0.2, -0.15) is 0 Å². The number of ether oxygens (including phenoxy) is 1. The van der Waals surface area contributed by atoms with Gasteiger partial charge in [-0.05, 0) is 17.7 Å². The van der Waals surface area contributed by atoms with Crippen LogP contribution in [0.1, 0.15) is 17.9 Å². The highest BCUT2D eigenvalue weighted by atomic mass is 16.5. The van der Waals surface area contributed by atoms with Gasteiger partial charge < -0.3 is 14.9 Å². The number of hydrogen-bond acceptors (Lipinski definition) is 3. The van der Waals surface area contributed by atoms with Gasteiger partial charge in [-0.15, -0.1) is 0 Å². The van der Waals surface area contributed by atoms with E-state index in [0.29, 0.717) is 11.3 Å². The number of carboxylic acids is 2. The number of carbonyl (C=O) groups is 2. The van der Waals surface area contributed by atoms with Crippen LogP contribution in [-0.2, 0) is 9.59 Å². The molecular formula is C11H12O5. The molecule has 16 heavy (non-hydrogen) atoms. The van der Waals surface area contributed by atoms with Crippen molar-refractivity contribution in [2.75, 3.05) is 7.11 Å². The van der Waals surface area contributed by atoms with E-state index >= 15 is 0 Å². The second kappa shape index (κ2) is 5.16. The standard InChI is InChI=1S/C11H12O5/c1-16-8-4-2-7(3-5-8)9(11(14)15)6-10(12)13/h2-5,9H,6H2,1H3,(H,12,13)(H,14,15). The monoisotopic (exact) mass is 224 g/mol. The molecule has 86 valence electrons. The molecule has 0 aliphatic rings. The van der Waals surface area contributed by atoms with Crippen molar-refractivity contribution in [3.63, 3.8) is 0 Å². The third-order valence-corrected chi connectivity index (χ3v) is 2.20. The van der Waals surface area contributed by atoms with Gasteiger partial charge in [-0.25, -0.2) is 0 Å². The molecule has 1 aromatic carbocycles. The van der Waals surface area contributed by atoms with Crippen molar-refractivity contribution in [3.05, 3.63) is 29.8 Å². The average Bonchev–Trinajstić information content (AvgIpc) is 2.25. The summed E-state index contributed by atoms with van der Waals surface area (Å²) in [6.07, 6.45) is -0.429. The summed E-state index contributed by atoms with van der Waals surface area (Å²) >= 11 is 0. The van der Waals surface area contributed by atoms with E-state index in [2.05, 4.69) is 0 Å². The minimum atomic E-state index is -1.15. The Morgan fingerprint density at radius 3 is 2.19 bits per heavy atom. The number of methoxy groups -OCH3 is 1. The van der Waals surface area contributed by atoms with Gasteiger partial charge in [0.15, 0.2) is 0 Å². The van der Waals surface area contributed by atoms with Crippen molar-refractivity contribution in [2.45, 2.75) is 12.3 Å². The van der Waals surface area contributed by atoms with Gasteiger partial charge in [0.25, 0.3) is 0 Å². The van der Waals surface area contributed by atoms with Crippen molar-refractivity contribution in [1.82, 2.24) is 0 Å². The van der Waals surface area contributed by atoms with Gasteiger partial charge in [0.05, 0.1) is 19.4 Å². The van der Waals surface area contributed by atoms with E-state index in [1.807, 2.05) is 0 Å². The summed E-state index contributed by atoms with van der Waals surface area (Å²) in [4.78, 5) is 21.4. The minimum absolute atomic E-state index is 0.429. The summed E-state index contributed by atoms with van der Waals surface area (Å²) in [5, 5.41) is 17.5. The Bertz CT molecular complexity index is 382. The lowest BCUT2D eigenvalue weighted by atomic mass is 9.96. The molecule has 0 amide bonds. The molecule has 0 fully saturated rings. The fourth-order valence-corrected chi connectivity index (χ4v) is 1.36. The second-order valence-electron chi connectivity index (χ2n) is 3.26. The molecule has 0 heterocycles. The normalized spacial score (nSPS) is 11.8. The van der Waals surface area contributed by atoms with E-state index in [-0.39, 0.29) is 0 Å². The molecule has 0 aliphatic heterocycles. The van der Waals surface area contributed by atoms with Gasteiger partial charge in [0.1, 0.15) is 5.75 Å². The first kappa shape index (κ1) is 12.0. The highest BCUT2D eigenvalue weighted by Gasteiger charge is 2.22. The van der Waals surface area contributed by atoms with Crippen molar-refractivity contribution in [3.8, 4) is 5.75 Å². The van der Waals surface area contributed by atoms with Crippen LogP contribution in [0, 0.1) is 0 Å². The molecule has 0 aliphatic carbocycles. The van der Waals surface area contributed by atoms with Crippen LogP contribution in [0.15, 0.2) is 24.3 Å². The van der Waals surface area contributed by atoms with E-state index in [4.69, 9.17) is 14.9 Å². The number of benzene rings is 1. The largest absolute Gasteiger partial charge is 0.497 e. The molecule has 0 saturated carbocycles. The zero-order valence-electron chi connectivity index (χ0n) is 8.71. The van der Waals surface area contributed by atoms with E-state index in [0.717, 1.165) is 0 Å². The molecule has 1 atom stereocenters. The molecule has 2 N–H and O–H groups in total. The zero-order valence-corrected chi connectivity index (χ0v) is 8.71. The maximum atomic E-state index is 10.9. The topological polar surface area (TPSA) is 83.8 Å². The maximum Gasteiger partial charge on any atom is 0.311 e. The molecule has 1 aromatic rings. The van der Waals surface area contributed by atoms with Crippen molar-refractivity contribution >= 4 is 11.9 Å². The molecule has 5 nitrogen and oxygen atoms in total. The summed E-state index contributed by atoms with van der Waals surface area (Å²) in [6.45, 7) is 0. The molecule has 1 unspecified atom stereocenters.